The molecule has 0 radical (unpaired) electrons. The SMILES string of the molecule is Cc1noc([C@H]2C[C@@H](O)CN2C(=O)c2cc(Cl)c3c(c2)OCO3)n1. The maximum atomic E-state index is 12.9. The van der Waals surface area contributed by atoms with Gasteiger partial charge in [-0.25, -0.2) is 0 Å². The first-order chi connectivity index (χ1) is 11.5. The molecule has 1 amide bonds. The first-order valence-electron chi connectivity index (χ1n) is 7.41. The van der Waals surface area contributed by atoms with Crippen LogP contribution in [0.3, 0.4) is 0 Å². The van der Waals surface area contributed by atoms with Crippen molar-refractivity contribution in [3.63, 3.8) is 0 Å². The molecule has 1 aromatic heterocycles. The van der Waals surface area contributed by atoms with E-state index in [2.05, 4.69) is 10.1 Å². The highest BCUT2D eigenvalue weighted by atomic mass is 35.5. The van der Waals surface area contributed by atoms with Crippen LogP contribution in [0.4, 0.5) is 0 Å². The second-order valence-electron chi connectivity index (χ2n) is 5.73. The van der Waals surface area contributed by atoms with Crippen LogP contribution in [-0.2, 0) is 0 Å². The lowest BCUT2D eigenvalue weighted by molar-refractivity contribution is 0.0693. The summed E-state index contributed by atoms with van der Waals surface area (Å²) in [4.78, 5) is 18.6. The highest BCUT2D eigenvalue weighted by Crippen LogP contribution is 2.41. The van der Waals surface area contributed by atoms with E-state index in [1.165, 1.54) is 11.0 Å². The van der Waals surface area contributed by atoms with Gasteiger partial charge in [0, 0.05) is 18.5 Å². The molecule has 0 spiro atoms. The van der Waals surface area contributed by atoms with Crippen LogP contribution in [0.25, 0.3) is 0 Å². The van der Waals surface area contributed by atoms with Gasteiger partial charge in [-0.05, 0) is 19.1 Å². The van der Waals surface area contributed by atoms with Gasteiger partial charge in [0.1, 0.15) is 6.04 Å². The molecule has 1 fully saturated rings. The summed E-state index contributed by atoms with van der Waals surface area (Å²) in [6, 6.07) is 2.63. The average molecular weight is 352 g/mol. The molecule has 2 aliphatic heterocycles. The highest BCUT2D eigenvalue weighted by molar-refractivity contribution is 6.32. The Hall–Kier alpha value is -2.32. The predicted octanol–water partition coefficient (Wildman–Crippen LogP) is 1.71. The fraction of sp³-hybridized carbons (Fsp3) is 0.400. The molecule has 24 heavy (non-hydrogen) atoms. The second-order valence-corrected chi connectivity index (χ2v) is 6.14. The van der Waals surface area contributed by atoms with E-state index in [0.29, 0.717) is 40.2 Å². The van der Waals surface area contributed by atoms with E-state index < -0.39 is 12.1 Å². The minimum absolute atomic E-state index is 0.0685. The highest BCUT2D eigenvalue weighted by Gasteiger charge is 2.39. The monoisotopic (exact) mass is 351 g/mol. The molecule has 3 heterocycles. The standard InChI is InChI=1S/C15H14ClN3O5/c1-7-17-14(24-18-7)11-4-9(20)5-19(11)15(21)8-2-10(16)13-12(3-8)22-6-23-13/h2-3,9,11,20H,4-6H2,1H3/t9-,11-/m1/s1. The van der Waals surface area contributed by atoms with Crippen LogP contribution < -0.4 is 9.47 Å². The molecule has 4 rings (SSSR count). The quantitative estimate of drug-likeness (QED) is 0.879. The van der Waals surface area contributed by atoms with Crippen LogP contribution in [0.15, 0.2) is 16.7 Å². The summed E-state index contributed by atoms with van der Waals surface area (Å²) in [5, 5.41) is 14.0. The summed E-state index contributed by atoms with van der Waals surface area (Å²) < 4.78 is 15.7. The van der Waals surface area contributed by atoms with Gasteiger partial charge in [-0.1, -0.05) is 16.8 Å². The van der Waals surface area contributed by atoms with Crippen molar-refractivity contribution in [1.82, 2.24) is 15.0 Å². The number of amides is 1. The molecule has 9 heteroatoms. The molecule has 0 aliphatic carbocycles. The number of carbonyl (C=O) groups excluding carboxylic acids is 1. The summed E-state index contributed by atoms with van der Waals surface area (Å²) in [5.41, 5.74) is 0.347. The van der Waals surface area contributed by atoms with Crippen LogP contribution in [0.1, 0.15) is 34.5 Å². The molecular formula is C15H14ClN3O5. The number of rotatable bonds is 2. The number of hydrogen-bond acceptors (Lipinski definition) is 7. The van der Waals surface area contributed by atoms with Crippen molar-refractivity contribution < 1.29 is 23.9 Å². The van der Waals surface area contributed by atoms with E-state index in [9.17, 15) is 9.90 Å². The van der Waals surface area contributed by atoms with Crippen LogP contribution in [-0.4, -0.2) is 45.5 Å². The first kappa shape index (κ1) is 15.2. The van der Waals surface area contributed by atoms with E-state index in [-0.39, 0.29) is 19.2 Å². The number of fused-ring (bicyclic) bond motifs is 1. The minimum atomic E-state index is -0.657. The maximum absolute atomic E-state index is 12.9. The van der Waals surface area contributed by atoms with E-state index >= 15 is 0 Å². The number of aryl methyl sites for hydroxylation is 1. The Bertz CT molecular complexity index is 808. The molecular weight excluding hydrogens is 338 g/mol. The van der Waals surface area contributed by atoms with Gasteiger partial charge in [0.15, 0.2) is 17.3 Å². The van der Waals surface area contributed by atoms with E-state index in [0.717, 1.165) is 0 Å². The van der Waals surface area contributed by atoms with Crippen LogP contribution in [0, 0.1) is 6.92 Å². The third kappa shape index (κ3) is 2.47. The fourth-order valence-corrected chi connectivity index (χ4v) is 3.24. The summed E-state index contributed by atoms with van der Waals surface area (Å²) in [6.07, 6.45) is -0.318. The zero-order chi connectivity index (χ0) is 16.8. The molecule has 1 aromatic carbocycles. The van der Waals surface area contributed by atoms with Gasteiger partial charge in [-0.3, -0.25) is 4.79 Å². The number of ether oxygens (including phenoxy) is 2. The molecule has 2 aliphatic rings. The normalized spacial score (nSPS) is 22.2. The van der Waals surface area contributed by atoms with Crippen molar-refractivity contribution in [2.75, 3.05) is 13.3 Å². The summed E-state index contributed by atoms with van der Waals surface area (Å²) in [7, 11) is 0. The lowest BCUT2D eigenvalue weighted by atomic mass is 10.1. The van der Waals surface area contributed by atoms with Gasteiger partial charge < -0.3 is 24.0 Å². The number of β-amino-alcohol motifs (C(OH)–C–C–N with tert-alkyl or cyclic N) is 1. The van der Waals surface area contributed by atoms with Gasteiger partial charge in [0.25, 0.3) is 5.91 Å². The third-order valence-corrected chi connectivity index (χ3v) is 4.32. The van der Waals surface area contributed by atoms with Crippen molar-refractivity contribution in [1.29, 1.82) is 0 Å². The van der Waals surface area contributed by atoms with Crippen LogP contribution in [0.2, 0.25) is 5.02 Å². The Morgan fingerprint density at radius 3 is 3.00 bits per heavy atom. The molecule has 2 aromatic rings. The Morgan fingerprint density at radius 1 is 1.42 bits per heavy atom. The second kappa shape index (κ2) is 5.64. The Kier molecular flexibility index (Phi) is 3.58. The Labute approximate surface area is 141 Å². The van der Waals surface area contributed by atoms with Crippen molar-refractivity contribution in [3.8, 4) is 11.5 Å². The zero-order valence-corrected chi connectivity index (χ0v) is 13.5. The van der Waals surface area contributed by atoms with Gasteiger partial charge in [0.2, 0.25) is 12.7 Å². The summed E-state index contributed by atoms with van der Waals surface area (Å²) >= 11 is 6.14. The van der Waals surface area contributed by atoms with E-state index in [4.69, 9.17) is 25.6 Å². The molecule has 0 unspecified atom stereocenters. The Balaban J connectivity index is 1.66. The number of nitrogens with zero attached hydrogens (tertiary/aromatic N) is 3. The third-order valence-electron chi connectivity index (χ3n) is 4.04. The molecule has 126 valence electrons. The van der Waals surface area contributed by atoms with E-state index in [1.807, 2.05) is 0 Å². The molecule has 0 bridgehead atoms. The molecule has 0 saturated carbocycles. The van der Waals surface area contributed by atoms with Crippen molar-refractivity contribution in [2.45, 2.75) is 25.5 Å². The zero-order valence-electron chi connectivity index (χ0n) is 12.7. The average Bonchev–Trinajstić information content (AvgIpc) is 3.25. The number of hydrogen-bond donors (Lipinski definition) is 1. The number of halogens is 1. The Morgan fingerprint density at radius 2 is 2.25 bits per heavy atom. The molecule has 1 N–H and O–H groups in total. The minimum Gasteiger partial charge on any atom is -0.454 e. The van der Waals surface area contributed by atoms with Gasteiger partial charge in [0.05, 0.1) is 11.1 Å². The molecule has 8 nitrogen and oxygen atoms in total. The van der Waals surface area contributed by atoms with Gasteiger partial charge in [-0.15, -0.1) is 0 Å². The maximum Gasteiger partial charge on any atom is 0.254 e. The van der Waals surface area contributed by atoms with Crippen molar-refractivity contribution in [3.05, 3.63) is 34.4 Å². The van der Waals surface area contributed by atoms with Gasteiger partial charge >= 0.3 is 0 Å². The van der Waals surface area contributed by atoms with Crippen molar-refractivity contribution in [2.24, 2.45) is 0 Å². The molecule has 2 atom stereocenters. The van der Waals surface area contributed by atoms with Crippen molar-refractivity contribution >= 4 is 17.5 Å². The number of aliphatic hydroxyl groups is 1. The van der Waals surface area contributed by atoms with Gasteiger partial charge in [-0.2, -0.15) is 4.98 Å². The van der Waals surface area contributed by atoms with Crippen LogP contribution >= 0.6 is 11.6 Å². The number of likely N-dealkylation sites (tertiary alicyclic amines) is 1. The van der Waals surface area contributed by atoms with E-state index in [1.54, 1.807) is 13.0 Å². The number of benzene rings is 1. The summed E-state index contributed by atoms with van der Waals surface area (Å²) in [5.74, 6) is 1.34. The number of carbonyl (C=O) groups is 1. The lowest BCUT2D eigenvalue weighted by Gasteiger charge is -2.21. The predicted molar refractivity (Wildman–Crippen MR) is 81.0 cm³/mol. The largest absolute Gasteiger partial charge is 0.454 e. The number of aromatic nitrogens is 2. The van der Waals surface area contributed by atoms with Crippen LogP contribution in [0.5, 0.6) is 11.5 Å². The molecule has 1 saturated heterocycles. The number of aliphatic hydroxyl groups excluding tert-OH is 1. The topological polar surface area (TPSA) is 97.9 Å². The fourth-order valence-electron chi connectivity index (χ4n) is 2.98. The smallest absolute Gasteiger partial charge is 0.254 e. The summed E-state index contributed by atoms with van der Waals surface area (Å²) in [6.45, 7) is 1.94. The lowest BCUT2D eigenvalue weighted by Crippen LogP contribution is -2.32. The first-order valence-corrected chi connectivity index (χ1v) is 7.79.